The Bertz CT molecular complexity index is 3240. The summed E-state index contributed by atoms with van der Waals surface area (Å²) in [5.41, 5.74) is 0. The smallest absolute Gasteiger partial charge is 0.364 e. The summed E-state index contributed by atoms with van der Waals surface area (Å²) in [7, 11) is 0. The van der Waals surface area contributed by atoms with Crippen LogP contribution in [0.1, 0.15) is 47.5 Å². The van der Waals surface area contributed by atoms with E-state index >= 15 is 0 Å². The number of aliphatic hydroxyl groups is 23. The highest BCUT2D eigenvalue weighted by atomic mass is 16.8. The first-order valence-corrected chi connectivity index (χ1v) is 36.4. The molecule has 8 saturated heterocycles. The number of nitrogens with one attached hydrogen (secondary N) is 5. The predicted molar refractivity (Wildman–Crippen MR) is 357 cm³/mol. The van der Waals surface area contributed by atoms with Crippen molar-refractivity contribution in [1.29, 1.82) is 0 Å². The van der Waals surface area contributed by atoms with Crippen LogP contribution in [0.25, 0.3) is 0 Å². The Hall–Kier alpha value is -5.23. The molecule has 668 valence electrons. The number of rotatable bonds is 33. The quantitative estimate of drug-likeness (QED) is 0.0290. The fourth-order valence-corrected chi connectivity index (χ4v) is 14.8. The zero-order valence-electron chi connectivity index (χ0n) is 62.3. The van der Waals surface area contributed by atoms with Crippen molar-refractivity contribution in [2.24, 2.45) is 0 Å². The van der Waals surface area contributed by atoms with Crippen molar-refractivity contribution >= 4 is 41.5 Å². The van der Waals surface area contributed by atoms with E-state index in [-0.39, 0.29) is 0 Å². The third kappa shape index (κ3) is 21.3. The van der Waals surface area contributed by atoms with Crippen LogP contribution < -0.4 is 26.6 Å². The second-order valence-corrected chi connectivity index (χ2v) is 28.9. The first-order chi connectivity index (χ1) is 54.5. The third-order valence-corrected chi connectivity index (χ3v) is 20.6. The number of carbonyl (C=O) groups is 7. The fraction of sp³-hybridized carbons (Fsp3) is 0.891. The molecule has 52 heteroatoms. The molecule has 42 atom stereocenters. The molecule has 0 radical (unpaired) electrons. The van der Waals surface area contributed by atoms with Gasteiger partial charge in [0.15, 0.2) is 37.7 Å². The van der Waals surface area contributed by atoms with Crippen LogP contribution in [0.15, 0.2) is 0 Å². The number of amides is 5. The molecule has 0 spiro atoms. The number of carboxylic acids is 2. The summed E-state index contributed by atoms with van der Waals surface area (Å²) in [6.07, 6.45) is -82.1. The van der Waals surface area contributed by atoms with Gasteiger partial charge in [0.2, 0.25) is 29.5 Å². The maximum Gasteiger partial charge on any atom is 0.364 e. The second kappa shape index (κ2) is 41.1. The maximum absolute atomic E-state index is 13.6. The summed E-state index contributed by atoms with van der Waals surface area (Å²) in [5, 5.41) is 291. The first-order valence-electron chi connectivity index (χ1n) is 36.4. The van der Waals surface area contributed by atoms with Gasteiger partial charge in [-0.2, -0.15) is 0 Å². The van der Waals surface area contributed by atoms with E-state index in [4.69, 9.17) is 71.1 Å². The summed E-state index contributed by atoms with van der Waals surface area (Å²) in [5.74, 6) is -15.9. The molecule has 8 heterocycles. The average molecular weight is 1700 g/mol. The minimum Gasteiger partial charge on any atom is -0.477 e. The number of ether oxygens (including phenoxy) is 15. The van der Waals surface area contributed by atoms with E-state index in [0.29, 0.717) is 0 Å². The molecule has 0 aliphatic carbocycles. The highest BCUT2D eigenvalue weighted by Gasteiger charge is 2.64. The number of hydrogen-bond donors (Lipinski definition) is 30. The number of carbonyl (C=O) groups excluding carboxylic acids is 5. The van der Waals surface area contributed by atoms with Gasteiger partial charge < -0.3 is 225 Å². The minimum atomic E-state index is -3.43. The molecule has 116 heavy (non-hydrogen) atoms. The van der Waals surface area contributed by atoms with Crippen LogP contribution in [0.5, 0.6) is 0 Å². The average Bonchev–Trinajstić information content (AvgIpc) is 0.753. The van der Waals surface area contributed by atoms with Gasteiger partial charge in [0.25, 0.3) is 11.6 Å². The Labute approximate surface area is 655 Å². The lowest BCUT2D eigenvalue weighted by atomic mass is 9.88. The minimum absolute atomic E-state index is 0.779. The molecule has 0 saturated carbocycles. The van der Waals surface area contributed by atoms with E-state index in [1.807, 2.05) is 0 Å². The van der Waals surface area contributed by atoms with Crippen molar-refractivity contribution in [3.63, 3.8) is 0 Å². The van der Waals surface area contributed by atoms with Crippen LogP contribution in [-0.4, -0.2) is 479 Å². The van der Waals surface area contributed by atoms with Crippen molar-refractivity contribution in [2.45, 2.75) is 304 Å². The molecule has 0 aromatic rings. The van der Waals surface area contributed by atoms with Gasteiger partial charge in [0.05, 0.1) is 77.1 Å². The van der Waals surface area contributed by atoms with Gasteiger partial charge in [-0.25, -0.2) is 9.59 Å². The number of carboxylic acid groups (broad SMARTS) is 2. The van der Waals surface area contributed by atoms with Gasteiger partial charge in [0, 0.05) is 47.5 Å². The molecule has 0 unspecified atom stereocenters. The van der Waals surface area contributed by atoms with E-state index in [9.17, 15) is 161 Å². The van der Waals surface area contributed by atoms with Gasteiger partial charge in [-0.05, 0) is 0 Å². The third-order valence-electron chi connectivity index (χ3n) is 20.6. The summed E-state index contributed by atoms with van der Waals surface area (Å²) in [6.45, 7) is -5.33. The van der Waals surface area contributed by atoms with Crippen molar-refractivity contribution in [2.75, 3.05) is 52.9 Å². The molecule has 0 aromatic heterocycles. The first kappa shape index (κ1) is 96.2. The van der Waals surface area contributed by atoms with Gasteiger partial charge in [-0.15, -0.1) is 0 Å². The van der Waals surface area contributed by atoms with E-state index < -0.39 is 364 Å². The lowest BCUT2D eigenvalue weighted by molar-refractivity contribution is -0.400. The van der Waals surface area contributed by atoms with Crippen LogP contribution in [-0.2, 0) is 105 Å². The van der Waals surface area contributed by atoms with E-state index in [2.05, 4.69) is 26.6 Å². The normalized spacial score (nSPS) is 44.6. The molecule has 5 amide bonds. The predicted octanol–water partition coefficient (Wildman–Crippen LogP) is -19.3. The molecule has 30 N–H and O–H groups in total. The summed E-state index contributed by atoms with van der Waals surface area (Å²) in [4.78, 5) is 90.2. The van der Waals surface area contributed by atoms with E-state index in [1.54, 1.807) is 0 Å². The van der Waals surface area contributed by atoms with Gasteiger partial charge in [-0.3, -0.25) is 24.0 Å². The summed E-state index contributed by atoms with van der Waals surface area (Å²) in [6, 6.07) is -9.44. The van der Waals surface area contributed by atoms with Gasteiger partial charge in [0.1, 0.15) is 183 Å². The van der Waals surface area contributed by atoms with Crippen LogP contribution in [0.3, 0.4) is 0 Å². The molecule has 52 nitrogen and oxygen atoms in total. The van der Waals surface area contributed by atoms with Crippen LogP contribution >= 0.6 is 0 Å². The second-order valence-electron chi connectivity index (χ2n) is 28.9. The molecule has 8 aliphatic rings. The van der Waals surface area contributed by atoms with E-state index in [1.165, 1.54) is 0 Å². The van der Waals surface area contributed by atoms with Gasteiger partial charge in [-0.1, -0.05) is 0 Å². The van der Waals surface area contributed by atoms with Crippen LogP contribution in [0.2, 0.25) is 0 Å². The monoisotopic (exact) mass is 1700 g/mol. The summed E-state index contributed by atoms with van der Waals surface area (Å²) < 4.78 is 88.5. The highest BCUT2D eigenvalue weighted by molar-refractivity contribution is 5.78. The Kier molecular flexibility index (Phi) is 34.1. The largest absolute Gasteiger partial charge is 0.477 e. The molecular formula is C64H105N5O47. The zero-order chi connectivity index (χ0) is 86.3. The fourth-order valence-electron chi connectivity index (χ4n) is 14.8. The molecular weight excluding hydrogens is 1590 g/mol. The molecule has 0 aromatic carbocycles. The zero-order valence-corrected chi connectivity index (χ0v) is 62.3. The molecule has 8 rings (SSSR count). The van der Waals surface area contributed by atoms with Crippen molar-refractivity contribution < 1.29 is 232 Å². The lowest BCUT2D eigenvalue weighted by Crippen LogP contribution is -2.72. The Morgan fingerprint density at radius 1 is 0.353 bits per heavy atom. The maximum atomic E-state index is 13.6. The Morgan fingerprint density at radius 3 is 1.17 bits per heavy atom. The van der Waals surface area contributed by atoms with Crippen molar-refractivity contribution in [3.05, 3.63) is 0 Å². The Morgan fingerprint density at radius 2 is 0.698 bits per heavy atom. The van der Waals surface area contributed by atoms with Crippen molar-refractivity contribution in [3.8, 4) is 0 Å². The van der Waals surface area contributed by atoms with Crippen LogP contribution in [0, 0.1) is 0 Å². The highest BCUT2D eigenvalue weighted by Crippen LogP contribution is 2.43. The number of hydrogen-bond acceptors (Lipinski definition) is 45. The number of aliphatic carboxylic acids is 2. The lowest BCUT2D eigenvalue weighted by Gasteiger charge is -2.52. The SMILES string of the molecule is CC(=O)N[C@@H]1[C@@H](O)[C@H](O[C@@H]2O[C@H](CO)[C@@H](O[C@@H]3O[C@H](CO)[C@@H](O)[C@H](O[C@H]4O[C@H](CO)[C@@H](O)[C@H](O)[C@@H]4O[C@@H]4O[C@H](CO[C@]5(C(=O)O)C[C@H](O)[C@@H](NC(C)=O)[C@H]([C@H](O)[C@H](O)CO)O5)[C@@H](O)[C@H](O[C@@H]5O[C@H](CO)[C@H](O)[C@H](O[C@]6(C(=O)O)C[C@H](O)[C@@H](NC(C)=O)[C@H]([C@H](O)[C@H](O)CO)O6)[C@H]5O)[C@H]4NC(C)=O)[C@@H]3O)[C@H](O)[C@H]2NC(C)=O)[C@@H](CO)O[C@H]1O. The summed E-state index contributed by atoms with van der Waals surface area (Å²) >= 11 is 0. The topological polar surface area (TPSA) is 824 Å². The standard InChI is InChI=1S/C64H105N5O47/c1-16(77)65-31-21(82)6-63(61(98)99,114-50(31)36(86)23(84)8-70)102-15-30-41(91)49(111-59-46(96)53(40(90)27(12-74)105-59)116-64(62(100)101)7-22(83)32(66-17(2)78)51(115-64)37(87)24(85)9-71)35(69-20(5)81)57(108-30)113-54-44(94)38(88)25(10-72)106-60(54)112-52-39(89)26(11-73)104-58(45(52)95)110-48-29(14-76)107-56(34(43(48)93)68-19(4)80)109-47-28(13-75)103-55(97)33(42(47)92)67-18(3)79/h21-60,70-76,82-97H,6-15H2,1-5H3,(H,65,77)(H,66,78)(H,67,79)(H,68,80)(H,69,81)(H,98,99)(H,100,101)/t21-,22-,23+,24+,25+,26+,27+,28+,29+,30+,31+,32+,33+,34+,35+,36+,37+,38+,39+,40-,41+,42+,43+,44-,45-,46+,47+,48+,49+,50+,51+,52-,53-,54-,55+,56-,57-,58-,59-,60+,63+,64-/m0/s1. The van der Waals surface area contributed by atoms with Gasteiger partial charge >= 0.3 is 11.9 Å². The number of aliphatic hydroxyl groups excluding tert-OH is 23. The molecule has 8 aliphatic heterocycles. The van der Waals surface area contributed by atoms with Crippen molar-refractivity contribution in [1.82, 2.24) is 26.6 Å². The van der Waals surface area contributed by atoms with E-state index in [0.717, 1.165) is 34.6 Å². The molecule has 8 fully saturated rings. The Balaban J connectivity index is 1.17. The van der Waals surface area contributed by atoms with Crippen LogP contribution in [0.4, 0.5) is 0 Å². The molecule has 0 bridgehead atoms.